The summed E-state index contributed by atoms with van der Waals surface area (Å²) in [6.45, 7) is -0.0342. The maximum Gasteiger partial charge on any atom is 0.261 e. The minimum atomic E-state index is -0.217. The second-order valence-corrected chi connectivity index (χ2v) is 6.48. The summed E-state index contributed by atoms with van der Waals surface area (Å²) in [7, 11) is 1.64. The third kappa shape index (κ3) is 3.60. The van der Waals surface area contributed by atoms with Crippen LogP contribution >= 0.6 is 11.8 Å². The molecule has 0 aliphatic carbocycles. The molecule has 0 atom stereocenters. The van der Waals surface area contributed by atoms with Crippen molar-refractivity contribution < 1.29 is 4.79 Å². The molecular formula is C19H16N4O2S. The van der Waals surface area contributed by atoms with Crippen LogP contribution in [0.15, 0.2) is 64.5 Å². The van der Waals surface area contributed by atoms with Crippen LogP contribution in [-0.4, -0.2) is 27.8 Å². The van der Waals surface area contributed by atoms with Crippen LogP contribution in [0.3, 0.4) is 0 Å². The van der Waals surface area contributed by atoms with Crippen LogP contribution in [-0.2, 0) is 11.8 Å². The van der Waals surface area contributed by atoms with Crippen molar-refractivity contribution in [2.24, 2.45) is 7.05 Å². The normalized spacial score (nSPS) is 10.5. The fourth-order valence-electron chi connectivity index (χ4n) is 2.53. The van der Waals surface area contributed by atoms with Crippen molar-refractivity contribution in [2.45, 2.75) is 5.16 Å². The summed E-state index contributed by atoms with van der Waals surface area (Å²) >= 11 is 1.18. The molecule has 6 nitrogen and oxygen atoms in total. The number of carbonyl (C=O) groups excluding carboxylic acids is 1. The lowest BCUT2D eigenvalue weighted by atomic mass is 10.2. The van der Waals surface area contributed by atoms with Crippen molar-refractivity contribution >= 4 is 34.3 Å². The summed E-state index contributed by atoms with van der Waals surface area (Å²) in [5.74, 6) is -0.139. The number of hydrogen-bond acceptors (Lipinski definition) is 5. The molecule has 1 heterocycles. The lowest BCUT2D eigenvalue weighted by Crippen LogP contribution is -2.33. The highest BCUT2D eigenvalue weighted by Crippen LogP contribution is 2.19. The van der Waals surface area contributed by atoms with Crippen LogP contribution < -0.4 is 10.5 Å². The smallest absolute Gasteiger partial charge is 0.261 e. The van der Waals surface area contributed by atoms with Crippen LogP contribution in [0.25, 0.3) is 10.9 Å². The summed E-state index contributed by atoms with van der Waals surface area (Å²) in [5.41, 5.74) is 1.12. The minimum absolute atomic E-state index is 0.0342. The Morgan fingerprint density at radius 1 is 1.19 bits per heavy atom. The predicted octanol–water partition coefficient (Wildman–Crippen LogP) is 2.58. The number of anilines is 1. The number of rotatable bonds is 5. The van der Waals surface area contributed by atoms with Gasteiger partial charge in [0.15, 0.2) is 5.16 Å². The van der Waals surface area contributed by atoms with Crippen LogP contribution in [0.4, 0.5) is 5.69 Å². The van der Waals surface area contributed by atoms with Gasteiger partial charge in [0, 0.05) is 12.7 Å². The minimum Gasteiger partial charge on any atom is -0.298 e. The summed E-state index contributed by atoms with van der Waals surface area (Å²) < 4.78 is 1.44. The number of nitrogens with zero attached hydrogens (tertiary/aromatic N) is 4. The van der Waals surface area contributed by atoms with Gasteiger partial charge in [-0.3, -0.25) is 19.1 Å². The van der Waals surface area contributed by atoms with E-state index >= 15 is 0 Å². The molecule has 0 aliphatic heterocycles. The van der Waals surface area contributed by atoms with Crippen molar-refractivity contribution in [3.05, 3.63) is 65.0 Å². The third-order valence-corrected chi connectivity index (χ3v) is 4.88. The molecule has 2 aromatic carbocycles. The molecule has 0 unspecified atom stereocenters. The average molecular weight is 364 g/mol. The van der Waals surface area contributed by atoms with E-state index in [1.165, 1.54) is 21.2 Å². The first kappa shape index (κ1) is 17.7. The number of amides is 1. The summed E-state index contributed by atoms with van der Waals surface area (Å²) in [6.07, 6.45) is 0. The van der Waals surface area contributed by atoms with E-state index in [2.05, 4.69) is 4.98 Å². The Kier molecular flexibility index (Phi) is 5.34. The van der Waals surface area contributed by atoms with Gasteiger partial charge in [-0.1, -0.05) is 42.1 Å². The van der Waals surface area contributed by atoms with Crippen molar-refractivity contribution in [3.63, 3.8) is 0 Å². The molecule has 0 radical (unpaired) electrons. The molecule has 0 saturated heterocycles. The van der Waals surface area contributed by atoms with E-state index in [4.69, 9.17) is 5.26 Å². The van der Waals surface area contributed by atoms with Crippen molar-refractivity contribution in [3.8, 4) is 6.07 Å². The molecule has 0 spiro atoms. The van der Waals surface area contributed by atoms with Gasteiger partial charge in [0.05, 0.1) is 22.7 Å². The number of benzene rings is 2. The number of thioether (sulfide) groups is 1. The van der Waals surface area contributed by atoms with E-state index in [9.17, 15) is 9.59 Å². The van der Waals surface area contributed by atoms with Gasteiger partial charge < -0.3 is 0 Å². The van der Waals surface area contributed by atoms with Gasteiger partial charge in [0.25, 0.3) is 5.56 Å². The van der Waals surface area contributed by atoms with E-state index in [0.717, 1.165) is 0 Å². The standard InChI is InChI=1S/C19H16N4O2S/c1-22-18(25)15-9-5-6-10-16(15)21-19(22)26-13-17(24)23(12-11-20)14-7-3-2-4-8-14/h2-10H,12-13H2,1H3. The van der Waals surface area contributed by atoms with Gasteiger partial charge in [-0.25, -0.2) is 4.98 Å². The Hall–Kier alpha value is -3.11. The number of hydrogen-bond donors (Lipinski definition) is 0. The molecule has 0 fully saturated rings. The number of nitriles is 1. The average Bonchev–Trinajstić information content (AvgIpc) is 2.68. The van der Waals surface area contributed by atoms with Crippen molar-refractivity contribution in [1.82, 2.24) is 9.55 Å². The molecule has 3 rings (SSSR count). The maximum atomic E-state index is 12.6. The van der Waals surface area contributed by atoms with E-state index in [1.807, 2.05) is 30.3 Å². The van der Waals surface area contributed by atoms with Gasteiger partial charge in [-0.15, -0.1) is 0 Å². The fraction of sp³-hybridized carbons (Fsp3) is 0.158. The largest absolute Gasteiger partial charge is 0.298 e. The Morgan fingerprint density at radius 3 is 2.62 bits per heavy atom. The molecule has 1 amide bonds. The van der Waals surface area contributed by atoms with Gasteiger partial charge in [-0.2, -0.15) is 5.26 Å². The van der Waals surface area contributed by atoms with E-state index < -0.39 is 0 Å². The van der Waals surface area contributed by atoms with E-state index in [0.29, 0.717) is 21.7 Å². The molecule has 130 valence electrons. The summed E-state index contributed by atoms with van der Waals surface area (Å²) in [4.78, 5) is 30.9. The molecule has 0 aliphatic rings. The third-order valence-electron chi connectivity index (χ3n) is 3.86. The van der Waals surface area contributed by atoms with Gasteiger partial charge in [0.1, 0.15) is 6.54 Å². The second kappa shape index (κ2) is 7.85. The monoisotopic (exact) mass is 364 g/mol. The Bertz CT molecular complexity index is 1040. The SMILES string of the molecule is Cn1c(SCC(=O)N(CC#N)c2ccccc2)nc2ccccc2c1=O. The topological polar surface area (TPSA) is 79.0 Å². The van der Waals surface area contributed by atoms with Gasteiger partial charge in [-0.05, 0) is 24.3 Å². The highest BCUT2D eigenvalue weighted by molar-refractivity contribution is 7.99. The fourth-order valence-corrected chi connectivity index (χ4v) is 3.38. The Labute approximate surface area is 154 Å². The second-order valence-electron chi connectivity index (χ2n) is 5.54. The Morgan fingerprint density at radius 2 is 1.88 bits per heavy atom. The highest BCUT2D eigenvalue weighted by Gasteiger charge is 2.17. The predicted molar refractivity (Wildman–Crippen MR) is 102 cm³/mol. The number of fused-ring (bicyclic) bond motifs is 1. The zero-order chi connectivity index (χ0) is 18.5. The number of carbonyl (C=O) groups is 1. The first-order chi connectivity index (χ1) is 12.6. The zero-order valence-corrected chi connectivity index (χ0v) is 14.9. The number of aromatic nitrogens is 2. The molecule has 1 aromatic heterocycles. The van der Waals surface area contributed by atoms with E-state index in [1.54, 1.807) is 37.4 Å². The molecule has 26 heavy (non-hydrogen) atoms. The lowest BCUT2D eigenvalue weighted by Gasteiger charge is -2.19. The van der Waals surface area contributed by atoms with E-state index in [-0.39, 0.29) is 23.8 Å². The Balaban J connectivity index is 1.83. The summed E-state index contributed by atoms with van der Waals surface area (Å²) in [5, 5.41) is 10.0. The molecule has 7 heteroatoms. The van der Waals surface area contributed by atoms with Gasteiger partial charge in [0.2, 0.25) is 5.91 Å². The molecular weight excluding hydrogens is 348 g/mol. The molecule has 0 bridgehead atoms. The summed E-state index contributed by atoms with van der Waals surface area (Å²) in [6, 6.07) is 18.2. The first-order valence-corrected chi connectivity index (χ1v) is 8.91. The van der Waals surface area contributed by atoms with Crippen LogP contribution in [0.2, 0.25) is 0 Å². The molecule has 0 N–H and O–H groups in total. The van der Waals surface area contributed by atoms with Crippen molar-refractivity contribution in [1.29, 1.82) is 5.26 Å². The van der Waals surface area contributed by atoms with Gasteiger partial charge >= 0.3 is 0 Å². The quantitative estimate of drug-likeness (QED) is 0.395. The molecule has 0 saturated carbocycles. The van der Waals surface area contributed by atoms with Crippen LogP contribution in [0.1, 0.15) is 0 Å². The lowest BCUT2D eigenvalue weighted by molar-refractivity contribution is -0.116. The van der Waals surface area contributed by atoms with Crippen LogP contribution in [0.5, 0.6) is 0 Å². The highest BCUT2D eigenvalue weighted by atomic mass is 32.2. The zero-order valence-electron chi connectivity index (χ0n) is 14.1. The number of para-hydroxylation sites is 2. The van der Waals surface area contributed by atoms with Crippen molar-refractivity contribution in [2.75, 3.05) is 17.2 Å². The van der Waals surface area contributed by atoms with Crippen LogP contribution in [0, 0.1) is 11.3 Å². The maximum absolute atomic E-state index is 12.6. The molecule has 3 aromatic rings. The first-order valence-electron chi connectivity index (χ1n) is 7.92.